The molecule has 0 amide bonds. The Balaban J connectivity index is 2.28. The van der Waals surface area contributed by atoms with Gasteiger partial charge in [0.15, 0.2) is 0 Å². The van der Waals surface area contributed by atoms with Crippen LogP contribution in [-0.4, -0.2) is 29.8 Å². The van der Waals surface area contributed by atoms with Crippen molar-refractivity contribution in [2.24, 2.45) is 0 Å². The van der Waals surface area contributed by atoms with Crippen molar-refractivity contribution in [1.29, 1.82) is 0 Å². The summed E-state index contributed by atoms with van der Waals surface area (Å²) in [5.74, 6) is 1.43. The van der Waals surface area contributed by atoms with Crippen LogP contribution in [0.2, 0.25) is 0 Å². The molecule has 5 heteroatoms. The molecule has 2 heterocycles. The van der Waals surface area contributed by atoms with Gasteiger partial charge in [0.05, 0.1) is 5.41 Å². The van der Waals surface area contributed by atoms with Gasteiger partial charge in [-0.05, 0) is 39.7 Å². The number of hydrogen-bond acceptors (Lipinski definition) is 5. The molecule has 1 saturated heterocycles. The molecule has 5 nitrogen and oxygen atoms in total. The van der Waals surface area contributed by atoms with Crippen LogP contribution in [-0.2, 0) is 15.8 Å². The molecule has 1 aromatic heterocycles. The zero-order valence-corrected chi connectivity index (χ0v) is 12.5. The Morgan fingerprint density at radius 3 is 2.63 bits per heavy atom. The minimum atomic E-state index is -0.404. The Hall–Kier alpha value is -0.940. The molecule has 1 aliphatic heterocycles. The third-order valence-corrected chi connectivity index (χ3v) is 4.28. The summed E-state index contributed by atoms with van der Waals surface area (Å²) in [6, 6.07) is 0. The first kappa shape index (κ1) is 14.5. The van der Waals surface area contributed by atoms with Crippen molar-refractivity contribution in [2.45, 2.75) is 58.0 Å². The summed E-state index contributed by atoms with van der Waals surface area (Å²) < 4.78 is 11.4. The number of hydrogen-bond donors (Lipinski definition) is 1. The lowest BCUT2D eigenvalue weighted by atomic mass is 9.89. The van der Waals surface area contributed by atoms with Crippen molar-refractivity contribution in [1.82, 2.24) is 15.5 Å². The van der Waals surface area contributed by atoms with E-state index in [2.05, 4.69) is 36.2 Å². The van der Waals surface area contributed by atoms with Crippen LogP contribution in [0.15, 0.2) is 4.52 Å². The molecule has 1 unspecified atom stereocenters. The molecular formula is C14H25N3O2. The van der Waals surface area contributed by atoms with Crippen LogP contribution in [0.1, 0.15) is 58.7 Å². The summed E-state index contributed by atoms with van der Waals surface area (Å²) >= 11 is 0. The SMILES string of the molecule is CCOC(CC)(CC)c1noc(C2(C)CCNC2)n1. The van der Waals surface area contributed by atoms with E-state index in [4.69, 9.17) is 9.26 Å². The van der Waals surface area contributed by atoms with Gasteiger partial charge in [0.2, 0.25) is 11.7 Å². The molecule has 0 spiro atoms. The highest BCUT2D eigenvalue weighted by molar-refractivity contribution is 5.10. The fourth-order valence-corrected chi connectivity index (χ4v) is 2.76. The standard InChI is InChI=1S/C14H25N3O2/c1-5-14(6-2,18-7-3)11-16-12(19-17-11)13(4)8-9-15-10-13/h15H,5-10H2,1-4H3. The van der Waals surface area contributed by atoms with Gasteiger partial charge in [-0.25, -0.2) is 0 Å². The van der Waals surface area contributed by atoms with Crippen molar-refractivity contribution in [3.63, 3.8) is 0 Å². The predicted octanol–water partition coefficient (Wildman–Crippen LogP) is 2.37. The number of ether oxygens (including phenoxy) is 1. The normalized spacial score (nSPS) is 24.0. The first-order valence-electron chi connectivity index (χ1n) is 7.29. The van der Waals surface area contributed by atoms with Crippen LogP contribution in [0, 0.1) is 0 Å². The average molecular weight is 267 g/mol. The first-order valence-corrected chi connectivity index (χ1v) is 7.29. The maximum absolute atomic E-state index is 5.92. The lowest BCUT2D eigenvalue weighted by Crippen LogP contribution is -2.30. The van der Waals surface area contributed by atoms with Gasteiger partial charge in [-0.15, -0.1) is 0 Å². The molecular weight excluding hydrogens is 242 g/mol. The number of aromatic nitrogens is 2. The Labute approximate surface area is 115 Å². The van der Waals surface area contributed by atoms with Crippen molar-refractivity contribution >= 4 is 0 Å². The fraction of sp³-hybridized carbons (Fsp3) is 0.857. The van der Waals surface area contributed by atoms with Gasteiger partial charge in [0.1, 0.15) is 5.60 Å². The monoisotopic (exact) mass is 267 g/mol. The van der Waals surface area contributed by atoms with E-state index in [0.717, 1.165) is 38.2 Å². The van der Waals surface area contributed by atoms with E-state index in [9.17, 15) is 0 Å². The topological polar surface area (TPSA) is 60.2 Å². The smallest absolute Gasteiger partial charge is 0.234 e. The predicted molar refractivity (Wildman–Crippen MR) is 73.0 cm³/mol. The van der Waals surface area contributed by atoms with Crippen LogP contribution < -0.4 is 5.32 Å². The van der Waals surface area contributed by atoms with Crippen molar-refractivity contribution in [3.8, 4) is 0 Å². The van der Waals surface area contributed by atoms with Gasteiger partial charge in [0, 0.05) is 13.2 Å². The van der Waals surface area contributed by atoms with Gasteiger partial charge in [-0.3, -0.25) is 0 Å². The van der Waals surface area contributed by atoms with E-state index in [1.54, 1.807) is 0 Å². The summed E-state index contributed by atoms with van der Waals surface area (Å²) in [7, 11) is 0. The van der Waals surface area contributed by atoms with E-state index < -0.39 is 5.60 Å². The molecule has 19 heavy (non-hydrogen) atoms. The van der Waals surface area contributed by atoms with Gasteiger partial charge < -0.3 is 14.6 Å². The summed E-state index contributed by atoms with van der Waals surface area (Å²) in [5, 5.41) is 7.55. The maximum atomic E-state index is 5.92. The summed E-state index contributed by atoms with van der Waals surface area (Å²) in [4.78, 5) is 4.65. The van der Waals surface area contributed by atoms with E-state index >= 15 is 0 Å². The molecule has 0 aliphatic carbocycles. The Bertz CT molecular complexity index is 407. The molecule has 0 aromatic carbocycles. The van der Waals surface area contributed by atoms with Crippen LogP contribution in [0.4, 0.5) is 0 Å². The number of nitrogens with zero attached hydrogens (tertiary/aromatic N) is 2. The van der Waals surface area contributed by atoms with Crippen LogP contribution in [0.5, 0.6) is 0 Å². The fourth-order valence-electron chi connectivity index (χ4n) is 2.76. The second-order valence-corrected chi connectivity index (χ2v) is 5.54. The lowest BCUT2D eigenvalue weighted by Gasteiger charge is -2.27. The van der Waals surface area contributed by atoms with Gasteiger partial charge in [-0.1, -0.05) is 19.0 Å². The Kier molecular flexibility index (Phi) is 4.26. The highest BCUT2D eigenvalue weighted by atomic mass is 16.5. The molecule has 1 atom stereocenters. The molecule has 0 bridgehead atoms. The molecule has 2 rings (SSSR count). The minimum Gasteiger partial charge on any atom is -0.367 e. The Morgan fingerprint density at radius 2 is 2.11 bits per heavy atom. The maximum Gasteiger partial charge on any atom is 0.234 e. The largest absolute Gasteiger partial charge is 0.367 e. The minimum absolute atomic E-state index is 0.0370. The molecule has 1 fully saturated rings. The first-order chi connectivity index (χ1) is 9.10. The van der Waals surface area contributed by atoms with Crippen LogP contribution in [0.25, 0.3) is 0 Å². The second-order valence-electron chi connectivity index (χ2n) is 5.54. The highest BCUT2D eigenvalue weighted by Gasteiger charge is 2.40. The molecule has 108 valence electrons. The van der Waals surface area contributed by atoms with Crippen molar-refractivity contribution in [3.05, 3.63) is 11.7 Å². The van der Waals surface area contributed by atoms with Gasteiger partial charge in [-0.2, -0.15) is 4.98 Å². The highest BCUT2D eigenvalue weighted by Crippen LogP contribution is 2.34. The van der Waals surface area contributed by atoms with Crippen LogP contribution >= 0.6 is 0 Å². The third-order valence-electron chi connectivity index (χ3n) is 4.28. The van der Waals surface area contributed by atoms with Crippen LogP contribution in [0.3, 0.4) is 0 Å². The van der Waals surface area contributed by atoms with Gasteiger partial charge in [0.25, 0.3) is 0 Å². The van der Waals surface area contributed by atoms with Crippen molar-refractivity contribution in [2.75, 3.05) is 19.7 Å². The second kappa shape index (κ2) is 5.59. The summed E-state index contributed by atoms with van der Waals surface area (Å²) in [5.41, 5.74) is -0.441. The zero-order chi connectivity index (χ0) is 13.9. The zero-order valence-electron chi connectivity index (χ0n) is 12.5. The van der Waals surface area contributed by atoms with E-state index in [0.29, 0.717) is 12.4 Å². The third kappa shape index (κ3) is 2.54. The summed E-state index contributed by atoms with van der Waals surface area (Å²) in [6.45, 7) is 10.9. The lowest BCUT2D eigenvalue weighted by molar-refractivity contribution is -0.0583. The average Bonchev–Trinajstić information content (AvgIpc) is 3.06. The Morgan fingerprint density at radius 1 is 1.37 bits per heavy atom. The molecule has 0 saturated carbocycles. The molecule has 0 radical (unpaired) electrons. The molecule has 1 aliphatic rings. The molecule has 1 N–H and O–H groups in total. The van der Waals surface area contributed by atoms with Crippen molar-refractivity contribution < 1.29 is 9.26 Å². The van der Waals surface area contributed by atoms with E-state index in [1.165, 1.54) is 0 Å². The number of rotatable bonds is 6. The number of nitrogens with one attached hydrogen (secondary N) is 1. The molecule has 1 aromatic rings. The van der Waals surface area contributed by atoms with Gasteiger partial charge >= 0.3 is 0 Å². The summed E-state index contributed by atoms with van der Waals surface area (Å²) in [6.07, 6.45) is 2.74. The van der Waals surface area contributed by atoms with E-state index in [1.807, 2.05) is 6.92 Å². The van der Waals surface area contributed by atoms with E-state index in [-0.39, 0.29) is 5.41 Å². The quantitative estimate of drug-likeness (QED) is 0.857.